The number of rotatable bonds is 4. The smallest absolute Gasteiger partial charge is 0.253 e. The minimum absolute atomic E-state index is 0.0201. The van der Waals surface area contributed by atoms with Crippen LogP contribution < -0.4 is 16.0 Å². The lowest BCUT2D eigenvalue weighted by Gasteiger charge is -2.18. The van der Waals surface area contributed by atoms with E-state index in [1.54, 1.807) is 30.7 Å². The first-order valence-corrected chi connectivity index (χ1v) is 9.71. The van der Waals surface area contributed by atoms with E-state index in [1.165, 1.54) is 0 Å². The Balaban J connectivity index is 1.34. The monoisotopic (exact) mass is 400 g/mol. The Morgan fingerprint density at radius 2 is 2.07 bits per heavy atom. The summed E-state index contributed by atoms with van der Waals surface area (Å²) in [5, 5.41) is 3.06. The standard InChI is InChI=1S/C21H20N8O/c22-19-18(20-26-15-5-1-2-6-16(15)27-20)28-17(11-24-19)29-9-7-14(12-29)25-21(30)13-4-3-8-23-10-13/h1-6,8,10-11,14H,7,9,12H2,(H2,22,24)(H,25,30)(H,26,27)/t14-/m0/s1. The number of anilines is 2. The summed E-state index contributed by atoms with van der Waals surface area (Å²) in [7, 11) is 0. The number of fused-ring (bicyclic) bond motifs is 1. The first kappa shape index (κ1) is 18.0. The van der Waals surface area contributed by atoms with E-state index in [2.05, 4.69) is 30.2 Å². The molecule has 0 unspecified atom stereocenters. The summed E-state index contributed by atoms with van der Waals surface area (Å²) >= 11 is 0. The van der Waals surface area contributed by atoms with Crippen LogP contribution in [0.2, 0.25) is 0 Å². The normalized spacial score (nSPS) is 16.1. The molecule has 1 saturated heterocycles. The van der Waals surface area contributed by atoms with Gasteiger partial charge < -0.3 is 20.9 Å². The van der Waals surface area contributed by atoms with E-state index < -0.39 is 0 Å². The third-order valence-corrected chi connectivity index (χ3v) is 5.17. The molecule has 0 radical (unpaired) electrons. The molecule has 1 aromatic carbocycles. The number of hydrogen-bond donors (Lipinski definition) is 3. The summed E-state index contributed by atoms with van der Waals surface area (Å²) in [4.78, 5) is 35.3. The maximum Gasteiger partial charge on any atom is 0.253 e. The molecule has 30 heavy (non-hydrogen) atoms. The molecule has 4 heterocycles. The number of imidazole rings is 1. The molecule has 1 fully saturated rings. The summed E-state index contributed by atoms with van der Waals surface area (Å²) in [5.74, 6) is 1.49. The molecule has 0 spiro atoms. The van der Waals surface area contributed by atoms with Crippen molar-refractivity contribution in [3.63, 3.8) is 0 Å². The molecule has 4 aromatic rings. The zero-order valence-electron chi connectivity index (χ0n) is 16.1. The molecular weight excluding hydrogens is 380 g/mol. The molecular formula is C21H20N8O. The fraction of sp³-hybridized carbons (Fsp3) is 0.190. The van der Waals surface area contributed by atoms with Crippen molar-refractivity contribution in [3.8, 4) is 11.5 Å². The summed E-state index contributed by atoms with van der Waals surface area (Å²) in [6, 6.07) is 11.3. The molecule has 5 rings (SSSR count). The lowest BCUT2D eigenvalue weighted by molar-refractivity contribution is 0.0940. The first-order valence-electron chi connectivity index (χ1n) is 9.71. The van der Waals surface area contributed by atoms with Gasteiger partial charge in [0.15, 0.2) is 17.3 Å². The molecule has 150 valence electrons. The minimum atomic E-state index is -0.124. The maximum absolute atomic E-state index is 12.4. The van der Waals surface area contributed by atoms with E-state index in [9.17, 15) is 4.79 Å². The van der Waals surface area contributed by atoms with Gasteiger partial charge in [-0.15, -0.1) is 0 Å². The Morgan fingerprint density at radius 3 is 2.90 bits per heavy atom. The Bertz CT molecular complexity index is 1170. The van der Waals surface area contributed by atoms with Gasteiger partial charge in [0.05, 0.1) is 22.8 Å². The number of aromatic amines is 1. The second kappa shape index (κ2) is 7.43. The van der Waals surface area contributed by atoms with Gasteiger partial charge in [0.25, 0.3) is 5.91 Å². The van der Waals surface area contributed by atoms with E-state index in [1.807, 2.05) is 24.3 Å². The lowest BCUT2D eigenvalue weighted by Crippen LogP contribution is -2.37. The third kappa shape index (κ3) is 3.41. The van der Waals surface area contributed by atoms with Gasteiger partial charge in [-0.3, -0.25) is 9.78 Å². The van der Waals surface area contributed by atoms with Crippen molar-refractivity contribution in [3.05, 3.63) is 60.6 Å². The highest BCUT2D eigenvalue weighted by Crippen LogP contribution is 2.26. The molecule has 0 saturated carbocycles. The molecule has 9 nitrogen and oxygen atoms in total. The van der Waals surface area contributed by atoms with Crippen molar-refractivity contribution >= 4 is 28.6 Å². The van der Waals surface area contributed by atoms with Crippen molar-refractivity contribution in [2.24, 2.45) is 0 Å². The van der Waals surface area contributed by atoms with Crippen molar-refractivity contribution in [2.45, 2.75) is 12.5 Å². The van der Waals surface area contributed by atoms with Gasteiger partial charge >= 0.3 is 0 Å². The third-order valence-electron chi connectivity index (χ3n) is 5.17. The molecule has 1 aliphatic rings. The topological polar surface area (TPSA) is 126 Å². The Labute approximate surface area is 172 Å². The van der Waals surface area contributed by atoms with Crippen LogP contribution in [0.15, 0.2) is 55.0 Å². The van der Waals surface area contributed by atoms with Crippen LogP contribution in [0, 0.1) is 0 Å². The van der Waals surface area contributed by atoms with Gasteiger partial charge in [-0.1, -0.05) is 12.1 Å². The summed E-state index contributed by atoms with van der Waals surface area (Å²) in [6.45, 7) is 1.40. The predicted octanol–water partition coefficient (Wildman–Crippen LogP) is 2.01. The van der Waals surface area contributed by atoms with E-state index in [0.29, 0.717) is 35.3 Å². The average molecular weight is 400 g/mol. The predicted molar refractivity (Wildman–Crippen MR) is 114 cm³/mol. The van der Waals surface area contributed by atoms with Crippen LogP contribution in [0.5, 0.6) is 0 Å². The van der Waals surface area contributed by atoms with E-state index >= 15 is 0 Å². The number of carbonyl (C=O) groups is 1. The van der Waals surface area contributed by atoms with Crippen molar-refractivity contribution < 1.29 is 4.79 Å². The molecule has 1 atom stereocenters. The SMILES string of the molecule is Nc1ncc(N2CC[C@H](NC(=O)c3cccnc3)C2)nc1-c1nc2ccccc2[nH]1. The van der Waals surface area contributed by atoms with Gasteiger partial charge in [-0.25, -0.2) is 15.0 Å². The Kier molecular flexibility index (Phi) is 4.47. The highest BCUT2D eigenvalue weighted by Gasteiger charge is 2.26. The minimum Gasteiger partial charge on any atom is -0.382 e. The number of nitrogens with one attached hydrogen (secondary N) is 2. The van der Waals surface area contributed by atoms with E-state index in [4.69, 9.17) is 10.7 Å². The fourth-order valence-electron chi connectivity index (χ4n) is 3.63. The number of pyridine rings is 1. The van der Waals surface area contributed by atoms with Crippen LogP contribution >= 0.6 is 0 Å². The zero-order valence-corrected chi connectivity index (χ0v) is 16.1. The van der Waals surface area contributed by atoms with Crippen LogP contribution in [-0.2, 0) is 0 Å². The number of nitrogens with two attached hydrogens (primary N) is 1. The largest absolute Gasteiger partial charge is 0.382 e. The van der Waals surface area contributed by atoms with E-state index in [0.717, 1.165) is 24.0 Å². The number of amides is 1. The van der Waals surface area contributed by atoms with Crippen molar-refractivity contribution in [1.82, 2.24) is 30.2 Å². The number of para-hydroxylation sites is 2. The molecule has 0 aliphatic carbocycles. The number of nitrogen functional groups attached to an aromatic ring is 1. The number of nitrogens with zero attached hydrogens (tertiary/aromatic N) is 5. The van der Waals surface area contributed by atoms with Gasteiger partial charge in [0, 0.05) is 31.5 Å². The maximum atomic E-state index is 12.4. The van der Waals surface area contributed by atoms with Gasteiger partial charge in [-0.2, -0.15) is 0 Å². The Morgan fingerprint density at radius 1 is 1.17 bits per heavy atom. The first-order chi connectivity index (χ1) is 14.7. The van der Waals surface area contributed by atoms with E-state index in [-0.39, 0.29) is 11.9 Å². The van der Waals surface area contributed by atoms with Gasteiger partial charge in [-0.05, 0) is 30.7 Å². The second-order valence-electron chi connectivity index (χ2n) is 7.21. The lowest BCUT2D eigenvalue weighted by atomic mass is 10.2. The van der Waals surface area contributed by atoms with Crippen molar-refractivity contribution in [2.75, 3.05) is 23.7 Å². The number of carbonyl (C=O) groups excluding carboxylic acids is 1. The fourth-order valence-corrected chi connectivity index (χ4v) is 3.63. The number of aromatic nitrogens is 5. The average Bonchev–Trinajstić information content (AvgIpc) is 3.41. The van der Waals surface area contributed by atoms with Crippen LogP contribution in [0.1, 0.15) is 16.8 Å². The zero-order chi connectivity index (χ0) is 20.5. The van der Waals surface area contributed by atoms with Gasteiger partial charge in [0.1, 0.15) is 5.82 Å². The van der Waals surface area contributed by atoms with Gasteiger partial charge in [0.2, 0.25) is 0 Å². The quantitative estimate of drug-likeness (QED) is 0.478. The molecule has 1 amide bonds. The van der Waals surface area contributed by atoms with Crippen LogP contribution in [0.4, 0.5) is 11.6 Å². The molecule has 3 aromatic heterocycles. The molecule has 4 N–H and O–H groups in total. The summed E-state index contributed by atoms with van der Waals surface area (Å²) in [5.41, 5.74) is 8.92. The van der Waals surface area contributed by atoms with Crippen molar-refractivity contribution in [1.29, 1.82) is 0 Å². The second-order valence-corrected chi connectivity index (χ2v) is 7.21. The molecule has 0 bridgehead atoms. The van der Waals surface area contributed by atoms with Crippen LogP contribution in [-0.4, -0.2) is 50.0 Å². The summed E-state index contributed by atoms with van der Waals surface area (Å²) < 4.78 is 0. The highest BCUT2D eigenvalue weighted by atomic mass is 16.1. The highest BCUT2D eigenvalue weighted by molar-refractivity contribution is 5.94. The van der Waals surface area contributed by atoms with Crippen LogP contribution in [0.3, 0.4) is 0 Å². The molecule has 1 aliphatic heterocycles. The summed E-state index contributed by atoms with van der Waals surface area (Å²) in [6.07, 6.45) is 5.69. The molecule has 9 heteroatoms. The number of hydrogen-bond acceptors (Lipinski definition) is 7. The number of H-pyrrole nitrogens is 1. The van der Waals surface area contributed by atoms with Crippen LogP contribution in [0.25, 0.3) is 22.6 Å². The Hall–Kier alpha value is -4.01. The number of benzene rings is 1.